The molecule has 3 rings (SSSR count). The second-order valence-corrected chi connectivity index (χ2v) is 4.66. The van der Waals surface area contributed by atoms with Crippen molar-refractivity contribution in [2.45, 2.75) is 18.8 Å². The van der Waals surface area contributed by atoms with Crippen molar-refractivity contribution in [3.05, 3.63) is 29.3 Å². The Kier molecular flexibility index (Phi) is 2.66. The Morgan fingerprint density at radius 2 is 2.44 bits per heavy atom. The quantitative estimate of drug-likeness (QED) is 0.357. The predicted octanol–water partition coefficient (Wildman–Crippen LogP) is 0.743. The third-order valence-electron chi connectivity index (χ3n) is 3.59. The molecular weight excluding hydrogens is 230 g/mol. The van der Waals surface area contributed by atoms with Gasteiger partial charge in [0.2, 0.25) is 5.91 Å². The summed E-state index contributed by atoms with van der Waals surface area (Å²) in [5, 5.41) is 5.84. The van der Waals surface area contributed by atoms with Crippen LogP contribution in [0.2, 0.25) is 0 Å². The van der Waals surface area contributed by atoms with Crippen LogP contribution in [0.3, 0.4) is 0 Å². The first-order valence-electron chi connectivity index (χ1n) is 6.08. The number of carbonyl (C=O) groups is 1. The number of fused-ring (bicyclic) bond motifs is 1. The number of ether oxygens (including phenoxy) is 1. The Hall–Kier alpha value is -2.04. The van der Waals surface area contributed by atoms with Gasteiger partial charge in [-0.05, 0) is 24.0 Å². The highest BCUT2D eigenvalue weighted by molar-refractivity contribution is 5.91. The Labute approximate surface area is 105 Å². The van der Waals surface area contributed by atoms with Gasteiger partial charge in [-0.1, -0.05) is 12.1 Å². The second kappa shape index (κ2) is 4.33. The van der Waals surface area contributed by atoms with Crippen LogP contribution in [-0.2, 0) is 11.2 Å². The maximum atomic E-state index is 11.8. The van der Waals surface area contributed by atoms with E-state index >= 15 is 0 Å². The molecule has 1 fully saturated rings. The zero-order chi connectivity index (χ0) is 12.5. The lowest BCUT2D eigenvalue weighted by Gasteiger charge is -2.06. The average Bonchev–Trinajstić information content (AvgIpc) is 3.04. The minimum absolute atomic E-state index is 0.00859. The van der Waals surface area contributed by atoms with Crippen LogP contribution in [0.4, 0.5) is 0 Å². The van der Waals surface area contributed by atoms with Crippen molar-refractivity contribution in [3.8, 4) is 5.75 Å². The van der Waals surface area contributed by atoms with Crippen molar-refractivity contribution in [1.29, 1.82) is 0 Å². The van der Waals surface area contributed by atoms with Gasteiger partial charge in [-0.2, -0.15) is 5.10 Å². The van der Waals surface area contributed by atoms with Gasteiger partial charge in [-0.3, -0.25) is 4.79 Å². The van der Waals surface area contributed by atoms with Crippen molar-refractivity contribution < 1.29 is 9.53 Å². The minimum Gasteiger partial charge on any atom is -0.493 e. The van der Waals surface area contributed by atoms with E-state index in [9.17, 15) is 4.79 Å². The van der Waals surface area contributed by atoms with E-state index < -0.39 is 0 Å². The second-order valence-electron chi connectivity index (χ2n) is 4.66. The molecule has 1 heterocycles. The molecule has 0 bridgehead atoms. The largest absolute Gasteiger partial charge is 0.493 e. The molecule has 0 radical (unpaired) electrons. The van der Waals surface area contributed by atoms with Crippen LogP contribution < -0.4 is 15.9 Å². The third-order valence-corrected chi connectivity index (χ3v) is 3.59. The molecule has 94 valence electrons. The van der Waals surface area contributed by atoms with Gasteiger partial charge < -0.3 is 15.9 Å². The standard InChI is InChI=1S/C13H15N3O2/c14-16-7-15-13(17)11-6-10(11)8-2-1-3-12-9(8)4-5-18-12/h1-3,7,10-11H,4-6,14H2,(H,15,16,17). The maximum absolute atomic E-state index is 11.8. The maximum Gasteiger partial charge on any atom is 0.228 e. The van der Waals surface area contributed by atoms with E-state index in [-0.39, 0.29) is 11.8 Å². The van der Waals surface area contributed by atoms with Gasteiger partial charge in [0.25, 0.3) is 0 Å². The summed E-state index contributed by atoms with van der Waals surface area (Å²) >= 11 is 0. The summed E-state index contributed by atoms with van der Waals surface area (Å²) in [6.45, 7) is 0.746. The van der Waals surface area contributed by atoms with Crippen LogP contribution in [0.1, 0.15) is 23.5 Å². The summed E-state index contributed by atoms with van der Waals surface area (Å²) in [7, 11) is 0. The topological polar surface area (TPSA) is 76.7 Å². The van der Waals surface area contributed by atoms with E-state index in [2.05, 4.69) is 16.5 Å². The zero-order valence-corrected chi connectivity index (χ0v) is 9.93. The molecule has 1 amide bonds. The van der Waals surface area contributed by atoms with Crippen LogP contribution in [-0.4, -0.2) is 18.9 Å². The van der Waals surface area contributed by atoms with E-state index in [1.807, 2.05) is 12.1 Å². The van der Waals surface area contributed by atoms with Crippen LogP contribution in [0.15, 0.2) is 23.3 Å². The molecule has 0 saturated heterocycles. The van der Waals surface area contributed by atoms with Crippen molar-refractivity contribution in [2.75, 3.05) is 6.61 Å². The zero-order valence-electron chi connectivity index (χ0n) is 9.93. The number of hydrogen-bond donors (Lipinski definition) is 2. The first-order valence-corrected chi connectivity index (χ1v) is 6.08. The van der Waals surface area contributed by atoms with Gasteiger partial charge in [0.1, 0.15) is 12.1 Å². The smallest absolute Gasteiger partial charge is 0.228 e. The number of hydrogen-bond acceptors (Lipinski definition) is 4. The third kappa shape index (κ3) is 1.81. The van der Waals surface area contributed by atoms with E-state index in [0.29, 0.717) is 5.92 Å². The van der Waals surface area contributed by atoms with Crippen molar-refractivity contribution >= 4 is 12.2 Å². The summed E-state index contributed by atoms with van der Waals surface area (Å²) in [5.41, 5.74) is 2.53. The number of amides is 1. The molecule has 0 aromatic heterocycles. The van der Waals surface area contributed by atoms with Crippen molar-refractivity contribution in [3.63, 3.8) is 0 Å². The van der Waals surface area contributed by atoms with Crippen molar-refractivity contribution in [1.82, 2.24) is 5.32 Å². The SMILES string of the molecule is NN=CNC(=O)C1CC1c1cccc2c1CCO2. The lowest BCUT2D eigenvalue weighted by Crippen LogP contribution is -2.24. The Bertz CT molecular complexity index is 513. The van der Waals surface area contributed by atoms with E-state index in [0.717, 1.165) is 25.2 Å². The fourth-order valence-electron chi connectivity index (χ4n) is 2.63. The molecule has 2 atom stereocenters. The van der Waals surface area contributed by atoms with Gasteiger partial charge >= 0.3 is 0 Å². The summed E-state index contributed by atoms with van der Waals surface area (Å²) in [6.07, 6.45) is 3.07. The summed E-state index contributed by atoms with van der Waals surface area (Å²) < 4.78 is 5.54. The van der Waals surface area contributed by atoms with E-state index in [4.69, 9.17) is 10.6 Å². The summed E-state index contributed by atoms with van der Waals surface area (Å²) in [5.74, 6) is 6.27. The lowest BCUT2D eigenvalue weighted by molar-refractivity contribution is -0.120. The van der Waals surface area contributed by atoms with Gasteiger partial charge in [-0.15, -0.1) is 0 Å². The molecule has 1 aliphatic carbocycles. The number of nitrogens with zero attached hydrogens (tertiary/aromatic N) is 1. The summed E-state index contributed by atoms with van der Waals surface area (Å²) in [6, 6.07) is 6.08. The molecule has 2 aliphatic rings. The molecule has 18 heavy (non-hydrogen) atoms. The highest BCUT2D eigenvalue weighted by Gasteiger charge is 2.45. The predicted molar refractivity (Wildman–Crippen MR) is 67.3 cm³/mol. The van der Waals surface area contributed by atoms with E-state index in [1.165, 1.54) is 17.5 Å². The molecule has 1 aromatic carbocycles. The normalized spacial score (nSPS) is 24.7. The highest BCUT2D eigenvalue weighted by Crippen LogP contribution is 2.50. The van der Waals surface area contributed by atoms with Gasteiger partial charge in [-0.25, -0.2) is 0 Å². The molecule has 2 unspecified atom stereocenters. The first-order chi connectivity index (χ1) is 8.81. The first kappa shape index (κ1) is 11.1. The van der Waals surface area contributed by atoms with Crippen LogP contribution in [0.5, 0.6) is 5.75 Å². The number of carbonyl (C=O) groups excluding carboxylic acids is 1. The lowest BCUT2D eigenvalue weighted by atomic mass is 10.00. The monoisotopic (exact) mass is 245 g/mol. The molecule has 1 aromatic rings. The van der Waals surface area contributed by atoms with Crippen LogP contribution in [0.25, 0.3) is 0 Å². The molecule has 1 aliphatic heterocycles. The Morgan fingerprint density at radius 3 is 3.28 bits per heavy atom. The number of nitrogens with two attached hydrogens (primary N) is 1. The molecule has 3 N–H and O–H groups in total. The number of nitrogens with one attached hydrogen (secondary N) is 1. The molecule has 0 spiro atoms. The van der Waals surface area contributed by atoms with Gasteiger partial charge in [0, 0.05) is 17.9 Å². The number of benzene rings is 1. The van der Waals surface area contributed by atoms with Gasteiger partial charge in [0.15, 0.2) is 0 Å². The number of hydrazone groups is 1. The van der Waals surface area contributed by atoms with Crippen molar-refractivity contribution in [2.24, 2.45) is 16.9 Å². The highest BCUT2D eigenvalue weighted by atomic mass is 16.5. The Morgan fingerprint density at radius 1 is 1.56 bits per heavy atom. The molecule has 1 saturated carbocycles. The Balaban J connectivity index is 1.75. The average molecular weight is 245 g/mol. The minimum atomic E-state index is -0.00859. The molecule has 5 nitrogen and oxygen atoms in total. The summed E-state index contributed by atoms with van der Waals surface area (Å²) in [4.78, 5) is 11.8. The fourth-order valence-corrected chi connectivity index (χ4v) is 2.63. The van der Waals surface area contributed by atoms with E-state index in [1.54, 1.807) is 0 Å². The molecular formula is C13H15N3O2. The fraction of sp³-hybridized carbons (Fsp3) is 0.385. The van der Waals surface area contributed by atoms with Crippen LogP contribution >= 0.6 is 0 Å². The van der Waals surface area contributed by atoms with Crippen LogP contribution in [0, 0.1) is 5.92 Å². The number of rotatable bonds is 3. The van der Waals surface area contributed by atoms with Gasteiger partial charge in [0.05, 0.1) is 6.61 Å². The molecule has 5 heteroatoms.